The number of benzene rings is 1. The fourth-order valence-corrected chi connectivity index (χ4v) is 4.28. The van der Waals surface area contributed by atoms with Gasteiger partial charge in [-0.3, -0.25) is 4.79 Å². The predicted octanol–water partition coefficient (Wildman–Crippen LogP) is 2.72. The molecule has 124 valence electrons. The summed E-state index contributed by atoms with van der Waals surface area (Å²) in [5.74, 6) is 0.640. The van der Waals surface area contributed by atoms with Crippen molar-refractivity contribution in [1.29, 1.82) is 0 Å². The second-order valence-corrected chi connectivity index (χ2v) is 7.07. The third-order valence-electron chi connectivity index (χ3n) is 5.72. The average molecular weight is 315 g/mol. The average Bonchev–Trinajstić information content (AvgIpc) is 3.09. The van der Waals surface area contributed by atoms with E-state index in [9.17, 15) is 4.79 Å². The summed E-state index contributed by atoms with van der Waals surface area (Å²) < 4.78 is 11.3. The number of hydrogen-bond donors (Lipinski definition) is 0. The number of ether oxygens (including phenoxy) is 2. The lowest BCUT2D eigenvalue weighted by Gasteiger charge is -2.46. The maximum absolute atomic E-state index is 13.3. The first-order chi connectivity index (χ1) is 11.3. The van der Waals surface area contributed by atoms with Gasteiger partial charge in [0.05, 0.1) is 18.6 Å². The summed E-state index contributed by atoms with van der Waals surface area (Å²) >= 11 is 0. The first-order valence-electron chi connectivity index (χ1n) is 8.88. The van der Waals surface area contributed by atoms with Crippen molar-refractivity contribution in [2.45, 2.75) is 43.8 Å². The van der Waals surface area contributed by atoms with Gasteiger partial charge in [0.1, 0.15) is 0 Å². The molecule has 1 saturated carbocycles. The number of hydrogen-bond acceptors (Lipinski definition) is 3. The van der Waals surface area contributed by atoms with Crippen LogP contribution in [0.5, 0.6) is 0 Å². The van der Waals surface area contributed by atoms with Crippen LogP contribution in [-0.4, -0.2) is 43.4 Å². The smallest absolute Gasteiger partial charge is 0.233 e. The van der Waals surface area contributed by atoms with Gasteiger partial charge >= 0.3 is 0 Å². The van der Waals surface area contributed by atoms with Gasteiger partial charge in [-0.15, -0.1) is 0 Å². The Labute approximate surface area is 137 Å². The fraction of sp³-hybridized carbons (Fsp3) is 0.632. The second kappa shape index (κ2) is 6.25. The van der Waals surface area contributed by atoms with Gasteiger partial charge in [0.15, 0.2) is 6.29 Å². The molecule has 1 aromatic rings. The van der Waals surface area contributed by atoms with Gasteiger partial charge in [0.25, 0.3) is 0 Å². The quantitative estimate of drug-likeness (QED) is 0.861. The molecule has 0 bridgehead atoms. The molecule has 2 heterocycles. The van der Waals surface area contributed by atoms with E-state index in [2.05, 4.69) is 17.0 Å². The van der Waals surface area contributed by atoms with Crippen LogP contribution in [0, 0.1) is 5.92 Å². The molecule has 0 N–H and O–H groups in total. The van der Waals surface area contributed by atoms with E-state index in [1.165, 1.54) is 5.56 Å². The number of amides is 1. The molecule has 4 heteroatoms. The summed E-state index contributed by atoms with van der Waals surface area (Å²) in [5, 5.41) is 0. The van der Waals surface area contributed by atoms with Crippen molar-refractivity contribution >= 4 is 5.91 Å². The maximum atomic E-state index is 13.3. The molecule has 1 atom stereocenters. The van der Waals surface area contributed by atoms with Gasteiger partial charge in [-0.2, -0.15) is 0 Å². The Morgan fingerprint density at radius 2 is 1.83 bits per heavy atom. The monoisotopic (exact) mass is 315 g/mol. The van der Waals surface area contributed by atoms with Crippen LogP contribution < -0.4 is 0 Å². The van der Waals surface area contributed by atoms with Gasteiger partial charge in [0.2, 0.25) is 5.91 Å². The highest BCUT2D eigenvalue weighted by Crippen LogP contribution is 2.45. The lowest BCUT2D eigenvalue weighted by molar-refractivity contribution is -0.148. The highest BCUT2D eigenvalue weighted by Gasteiger charge is 2.48. The maximum Gasteiger partial charge on any atom is 0.233 e. The van der Waals surface area contributed by atoms with E-state index in [0.29, 0.717) is 25.0 Å². The summed E-state index contributed by atoms with van der Waals surface area (Å²) in [6, 6.07) is 10.3. The standard InChI is InChI=1S/C19H25NO3/c21-18(19(9-5-10-19)16-7-2-1-3-8-16)20-11-4-6-15(14-20)17-22-12-13-23-17/h1-3,7-8,15,17H,4-6,9-14H2. The minimum atomic E-state index is -0.277. The normalized spacial score (nSPS) is 27.7. The summed E-state index contributed by atoms with van der Waals surface area (Å²) in [6.45, 7) is 3.01. The van der Waals surface area contributed by atoms with Crippen molar-refractivity contribution in [3.05, 3.63) is 35.9 Å². The van der Waals surface area contributed by atoms with E-state index in [1.807, 2.05) is 18.2 Å². The number of rotatable bonds is 3. The van der Waals surface area contributed by atoms with E-state index in [0.717, 1.165) is 45.2 Å². The van der Waals surface area contributed by atoms with E-state index in [-0.39, 0.29) is 11.7 Å². The van der Waals surface area contributed by atoms with Crippen LogP contribution in [0.25, 0.3) is 0 Å². The van der Waals surface area contributed by atoms with Crippen molar-refractivity contribution in [3.8, 4) is 0 Å². The first-order valence-corrected chi connectivity index (χ1v) is 8.88. The van der Waals surface area contributed by atoms with E-state index in [1.54, 1.807) is 0 Å². The molecule has 1 amide bonds. The molecule has 3 aliphatic rings. The zero-order valence-electron chi connectivity index (χ0n) is 13.6. The van der Waals surface area contributed by atoms with Crippen molar-refractivity contribution in [3.63, 3.8) is 0 Å². The minimum Gasteiger partial charge on any atom is -0.350 e. The second-order valence-electron chi connectivity index (χ2n) is 7.07. The van der Waals surface area contributed by atoms with Crippen molar-refractivity contribution in [2.75, 3.05) is 26.3 Å². The van der Waals surface area contributed by atoms with E-state index >= 15 is 0 Å². The Hall–Kier alpha value is -1.39. The molecule has 1 unspecified atom stereocenters. The number of carbonyl (C=O) groups is 1. The van der Waals surface area contributed by atoms with Gasteiger partial charge in [-0.05, 0) is 31.2 Å². The molecule has 2 saturated heterocycles. The third-order valence-corrected chi connectivity index (χ3v) is 5.72. The highest BCUT2D eigenvalue weighted by molar-refractivity contribution is 5.89. The van der Waals surface area contributed by atoms with Gasteiger partial charge < -0.3 is 14.4 Å². The SMILES string of the molecule is O=C(N1CCCC(C2OCCO2)C1)C1(c2ccccc2)CCC1. The molecular formula is C19H25NO3. The molecule has 3 fully saturated rings. The Kier molecular flexibility index (Phi) is 4.12. The summed E-state index contributed by atoms with van der Waals surface area (Å²) in [5.41, 5.74) is 0.910. The minimum absolute atomic E-state index is 0.111. The summed E-state index contributed by atoms with van der Waals surface area (Å²) in [4.78, 5) is 15.4. The van der Waals surface area contributed by atoms with Gasteiger partial charge in [-0.25, -0.2) is 0 Å². The van der Waals surface area contributed by atoms with Crippen LogP contribution >= 0.6 is 0 Å². The molecule has 1 aliphatic carbocycles. The predicted molar refractivity (Wildman–Crippen MR) is 87.0 cm³/mol. The number of piperidine rings is 1. The van der Waals surface area contributed by atoms with Gasteiger partial charge in [-0.1, -0.05) is 36.8 Å². The van der Waals surface area contributed by atoms with Crippen LogP contribution in [0.15, 0.2) is 30.3 Å². The number of likely N-dealkylation sites (tertiary alicyclic amines) is 1. The molecule has 23 heavy (non-hydrogen) atoms. The third kappa shape index (κ3) is 2.68. The molecule has 0 aromatic heterocycles. The summed E-state index contributed by atoms with van der Waals surface area (Å²) in [6.07, 6.45) is 5.13. The fourth-order valence-electron chi connectivity index (χ4n) is 4.28. The van der Waals surface area contributed by atoms with Crippen molar-refractivity contribution < 1.29 is 14.3 Å². The molecule has 2 aliphatic heterocycles. The van der Waals surface area contributed by atoms with Crippen LogP contribution in [0.4, 0.5) is 0 Å². The van der Waals surface area contributed by atoms with Crippen LogP contribution in [0.1, 0.15) is 37.7 Å². The van der Waals surface area contributed by atoms with Gasteiger partial charge in [0, 0.05) is 19.0 Å². The van der Waals surface area contributed by atoms with Crippen molar-refractivity contribution in [1.82, 2.24) is 4.90 Å². The molecular weight excluding hydrogens is 290 g/mol. The molecule has 0 radical (unpaired) electrons. The first kappa shape index (κ1) is 15.2. The largest absolute Gasteiger partial charge is 0.350 e. The lowest BCUT2D eigenvalue weighted by atomic mass is 9.63. The zero-order valence-corrected chi connectivity index (χ0v) is 13.6. The van der Waals surface area contributed by atoms with Crippen LogP contribution in [-0.2, 0) is 19.7 Å². The van der Waals surface area contributed by atoms with E-state index in [4.69, 9.17) is 9.47 Å². The topological polar surface area (TPSA) is 38.8 Å². The number of nitrogens with zero attached hydrogens (tertiary/aromatic N) is 1. The Morgan fingerprint density at radius 3 is 2.48 bits per heavy atom. The van der Waals surface area contributed by atoms with Crippen molar-refractivity contribution in [2.24, 2.45) is 5.92 Å². The number of carbonyl (C=O) groups excluding carboxylic acids is 1. The molecule has 1 aromatic carbocycles. The molecule has 4 nitrogen and oxygen atoms in total. The van der Waals surface area contributed by atoms with E-state index < -0.39 is 0 Å². The van der Waals surface area contributed by atoms with Crippen LogP contribution in [0.2, 0.25) is 0 Å². The Morgan fingerprint density at radius 1 is 1.09 bits per heavy atom. The van der Waals surface area contributed by atoms with Crippen LogP contribution in [0.3, 0.4) is 0 Å². The molecule has 4 rings (SSSR count). The Balaban J connectivity index is 1.51. The zero-order chi connectivity index (χ0) is 15.7. The summed E-state index contributed by atoms with van der Waals surface area (Å²) in [7, 11) is 0. The lowest BCUT2D eigenvalue weighted by Crippen LogP contribution is -2.54. The molecule has 0 spiro atoms. The highest BCUT2D eigenvalue weighted by atomic mass is 16.7. The Bertz CT molecular complexity index is 549.